The van der Waals surface area contributed by atoms with Crippen molar-refractivity contribution >= 4 is 0 Å². The van der Waals surface area contributed by atoms with E-state index in [2.05, 4.69) is 5.32 Å². The van der Waals surface area contributed by atoms with Crippen molar-refractivity contribution < 1.29 is 17.6 Å². The van der Waals surface area contributed by atoms with Crippen molar-refractivity contribution in [2.24, 2.45) is 0 Å². The van der Waals surface area contributed by atoms with Crippen LogP contribution < -0.4 is 5.32 Å². The monoisotopic (exact) mass is 277 g/mol. The molecule has 0 aliphatic rings. The minimum absolute atomic E-state index is 0.417. The molecule has 0 spiro atoms. The van der Waals surface area contributed by atoms with E-state index in [4.69, 9.17) is 0 Å². The molecule has 0 heterocycles. The first-order chi connectivity index (χ1) is 8.74. The highest BCUT2D eigenvalue weighted by atomic mass is 19.4. The molecule has 1 unspecified atom stereocenters. The molecule has 19 heavy (non-hydrogen) atoms. The Balaban J connectivity index is 3.09. The molecule has 1 aromatic rings. The van der Waals surface area contributed by atoms with E-state index in [0.29, 0.717) is 23.2 Å². The van der Waals surface area contributed by atoms with E-state index in [-0.39, 0.29) is 0 Å². The summed E-state index contributed by atoms with van der Waals surface area (Å²) in [5.74, 6) is -0.417. The van der Waals surface area contributed by atoms with Gasteiger partial charge in [0.05, 0.1) is 6.42 Å². The maximum absolute atomic E-state index is 13.2. The largest absolute Gasteiger partial charge is 0.390 e. The van der Waals surface area contributed by atoms with Gasteiger partial charge >= 0.3 is 6.18 Å². The van der Waals surface area contributed by atoms with E-state index >= 15 is 0 Å². The van der Waals surface area contributed by atoms with Gasteiger partial charge in [-0.1, -0.05) is 6.92 Å². The standard InChI is InChI=1S/C14H19F4N/c1-4-5-19-12(8-14(16,17)18)13-9(2)6-11(15)7-10(13)3/h6-7,12,19H,4-5,8H2,1-3H3. The maximum Gasteiger partial charge on any atom is 0.390 e. The highest BCUT2D eigenvalue weighted by molar-refractivity contribution is 5.37. The van der Waals surface area contributed by atoms with Crippen LogP contribution in [0.25, 0.3) is 0 Å². The van der Waals surface area contributed by atoms with Crippen molar-refractivity contribution in [3.8, 4) is 0 Å². The summed E-state index contributed by atoms with van der Waals surface area (Å²) in [5.41, 5.74) is 1.65. The van der Waals surface area contributed by atoms with Gasteiger partial charge in [0.1, 0.15) is 5.82 Å². The maximum atomic E-state index is 13.2. The summed E-state index contributed by atoms with van der Waals surface area (Å²) >= 11 is 0. The Bertz CT molecular complexity index is 403. The van der Waals surface area contributed by atoms with E-state index in [1.54, 1.807) is 13.8 Å². The van der Waals surface area contributed by atoms with E-state index in [1.165, 1.54) is 12.1 Å². The minimum atomic E-state index is -4.25. The number of benzene rings is 1. The number of hydrogen-bond donors (Lipinski definition) is 1. The lowest BCUT2D eigenvalue weighted by molar-refractivity contribution is -0.140. The first-order valence-corrected chi connectivity index (χ1v) is 6.31. The van der Waals surface area contributed by atoms with Crippen LogP contribution in [0.2, 0.25) is 0 Å². The molecular formula is C14H19F4N. The van der Waals surface area contributed by atoms with Gasteiger partial charge in [-0.3, -0.25) is 0 Å². The van der Waals surface area contributed by atoms with Crippen LogP contribution in [0.1, 0.15) is 42.5 Å². The predicted octanol–water partition coefficient (Wildman–Crippen LogP) is 4.44. The number of rotatable bonds is 5. The van der Waals surface area contributed by atoms with E-state index in [9.17, 15) is 17.6 Å². The van der Waals surface area contributed by atoms with Crippen LogP contribution >= 0.6 is 0 Å². The molecule has 0 amide bonds. The zero-order valence-corrected chi connectivity index (χ0v) is 11.4. The Morgan fingerprint density at radius 1 is 1.16 bits per heavy atom. The predicted molar refractivity (Wildman–Crippen MR) is 67.6 cm³/mol. The van der Waals surface area contributed by atoms with Gasteiger partial charge in [0.15, 0.2) is 0 Å². The second-order valence-corrected chi connectivity index (χ2v) is 4.78. The van der Waals surface area contributed by atoms with Crippen molar-refractivity contribution in [1.82, 2.24) is 5.32 Å². The Morgan fingerprint density at radius 3 is 2.11 bits per heavy atom. The van der Waals surface area contributed by atoms with Gasteiger partial charge in [-0.15, -0.1) is 0 Å². The van der Waals surface area contributed by atoms with Gasteiger partial charge in [0.25, 0.3) is 0 Å². The molecule has 0 fully saturated rings. The van der Waals surface area contributed by atoms with Gasteiger partial charge < -0.3 is 5.32 Å². The Labute approximate surface area is 111 Å². The number of halogens is 4. The van der Waals surface area contributed by atoms with E-state index in [1.807, 2.05) is 6.92 Å². The van der Waals surface area contributed by atoms with Crippen LogP contribution in [0, 0.1) is 19.7 Å². The van der Waals surface area contributed by atoms with Gasteiger partial charge in [-0.2, -0.15) is 13.2 Å². The third kappa shape index (κ3) is 4.82. The molecule has 0 aliphatic carbocycles. The first kappa shape index (κ1) is 16.0. The van der Waals surface area contributed by atoms with Crippen molar-refractivity contribution in [1.29, 1.82) is 0 Å². The van der Waals surface area contributed by atoms with Gasteiger partial charge in [-0.05, 0) is 55.6 Å². The molecule has 0 saturated heterocycles. The van der Waals surface area contributed by atoms with Crippen molar-refractivity contribution in [3.05, 3.63) is 34.6 Å². The minimum Gasteiger partial charge on any atom is -0.310 e. The summed E-state index contributed by atoms with van der Waals surface area (Å²) in [5, 5.41) is 2.90. The second-order valence-electron chi connectivity index (χ2n) is 4.78. The first-order valence-electron chi connectivity index (χ1n) is 6.31. The Hall–Kier alpha value is -1.10. The van der Waals surface area contributed by atoms with Gasteiger partial charge in [0, 0.05) is 6.04 Å². The summed E-state index contributed by atoms with van der Waals surface area (Å²) in [6.45, 7) is 5.67. The van der Waals surface area contributed by atoms with Crippen molar-refractivity contribution in [2.45, 2.75) is 45.8 Å². The summed E-state index contributed by atoms with van der Waals surface area (Å²) in [6.07, 6.45) is -4.45. The quantitative estimate of drug-likeness (QED) is 0.785. The van der Waals surface area contributed by atoms with Crippen molar-refractivity contribution in [3.63, 3.8) is 0 Å². The topological polar surface area (TPSA) is 12.0 Å². The number of aryl methyl sites for hydroxylation is 2. The number of nitrogens with one attached hydrogen (secondary N) is 1. The van der Waals surface area contributed by atoms with Crippen LogP contribution in [0.3, 0.4) is 0 Å². The highest BCUT2D eigenvalue weighted by Crippen LogP contribution is 2.33. The molecule has 0 bridgehead atoms. The van der Waals surface area contributed by atoms with Gasteiger partial charge in [0.2, 0.25) is 0 Å². The third-order valence-corrected chi connectivity index (χ3v) is 2.98. The van der Waals surface area contributed by atoms with Crippen LogP contribution in [-0.4, -0.2) is 12.7 Å². The lowest BCUT2D eigenvalue weighted by atomic mass is 9.93. The van der Waals surface area contributed by atoms with Gasteiger partial charge in [-0.25, -0.2) is 4.39 Å². The van der Waals surface area contributed by atoms with Crippen LogP contribution in [-0.2, 0) is 0 Å². The van der Waals surface area contributed by atoms with Crippen LogP contribution in [0.5, 0.6) is 0 Å². The molecule has 0 saturated carbocycles. The third-order valence-electron chi connectivity index (χ3n) is 2.98. The summed E-state index contributed by atoms with van der Waals surface area (Å²) in [7, 11) is 0. The average molecular weight is 277 g/mol. The molecule has 1 atom stereocenters. The van der Waals surface area contributed by atoms with E-state index < -0.39 is 24.5 Å². The fourth-order valence-electron chi connectivity index (χ4n) is 2.30. The number of alkyl halides is 3. The molecule has 0 aliphatic heterocycles. The SMILES string of the molecule is CCCNC(CC(F)(F)F)c1c(C)cc(F)cc1C. The lowest BCUT2D eigenvalue weighted by Crippen LogP contribution is -2.28. The molecular weight excluding hydrogens is 258 g/mol. The molecule has 0 aromatic heterocycles. The molecule has 1 nitrogen and oxygen atoms in total. The number of hydrogen-bond acceptors (Lipinski definition) is 1. The second kappa shape index (κ2) is 6.37. The fraction of sp³-hybridized carbons (Fsp3) is 0.571. The molecule has 5 heteroatoms. The summed E-state index contributed by atoms with van der Waals surface area (Å²) in [6, 6.07) is 1.74. The Kier molecular flexibility index (Phi) is 5.35. The summed E-state index contributed by atoms with van der Waals surface area (Å²) in [4.78, 5) is 0. The highest BCUT2D eigenvalue weighted by Gasteiger charge is 2.33. The molecule has 1 rings (SSSR count). The van der Waals surface area contributed by atoms with E-state index in [0.717, 1.165) is 6.42 Å². The zero-order chi connectivity index (χ0) is 14.6. The normalized spacial score (nSPS) is 13.6. The molecule has 0 radical (unpaired) electrons. The zero-order valence-electron chi connectivity index (χ0n) is 11.4. The van der Waals surface area contributed by atoms with Crippen molar-refractivity contribution in [2.75, 3.05) is 6.54 Å². The Morgan fingerprint density at radius 2 is 1.68 bits per heavy atom. The molecule has 1 aromatic carbocycles. The summed E-state index contributed by atoms with van der Waals surface area (Å²) < 4.78 is 51.2. The fourth-order valence-corrected chi connectivity index (χ4v) is 2.30. The molecule has 1 N–H and O–H groups in total. The van der Waals surface area contributed by atoms with Crippen LogP contribution in [0.4, 0.5) is 17.6 Å². The average Bonchev–Trinajstić information content (AvgIpc) is 2.22. The lowest BCUT2D eigenvalue weighted by Gasteiger charge is -2.24. The molecule has 108 valence electrons. The van der Waals surface area contributed by atoms with Crippen LogP contribution in [0.15, 0.2) is 12.1 Å². The smallest absolute Gasteiger partial charge is 0.310 e.